The number of thioether (sulfide) groups is 1. The van der Waals surface area contributed by atoms with Gasteiger partial charge < -0.3 is 4.74 Å². The van der Waals surface area contributed by atoms with Gasteiger partial charge >= 0.3 is 0 Å². The number of hydrogen-bond acceptors (Lipinski definition) is 7. The number of nitrogens with one attached hydrogen (secondary N) is 1. The average Bonchev–Trinajstić information content (AvgIpc) is 3.32. The van der Waals surface area contributed by atoms with E-state index in [-0.39, 0.29) is 5.78 Å². The summed E-state index contributed by atoms with van der Waals surface area (Å²) in [6.45, 7) is 8.85. The van der Waals surface area contributed by atoms with E-state index in [1.165, 1.54) is 45.4 Å². The van der Waals surface area contributed by atoms with Crippen molar-refractivity contribution in [2.24, 2.45) is 0 Å². The lowest BCUT2D eigenvalue weighted by atomic mass is 10.0. The van der Waals surface area contributed by atoms with Crippen molar-refractivity contribution in [3.05, 3.63) is 79.1 Å². The van der Waals surface area contributed by atoms with E-state index < -0.39 is 5.92 Å². The van der Waals surface area contributed by atoms with E-state index in [9.17, 15) is 4.79 Å². The summed E-state index contributed by atoms with van der Waals surface area (Å²) in [4.78, 5) is 13.5. The monoisotopic (exact) mass is 463 g/mol. The van der Waals surface area contributed by atoms with Crippen molar-refractivity contribution in [3.63, 3.8) is 0 Å². The molecule has 0 unspecified atom stereocenters. The number of benzene rings is 2. The van der Waals surface area contributed by atoms with Crippen LogP contribution in [0.3, 0.4) is 0 Å². The van der Waals surface area contributed by atoms with Crippen LogP contribution < -0.4 is 4.74 Å². The summed E-state index contributed by atoms with van der Waals surface area (Å²) in [5.41, 5.74) is 5.84. The third-order valence-electron chi connectivity index (χ3n) is 5.42. The summed E-state index contributed by atoms with van der Waals surface area (Å²) in [5, 5.41) is 18.3. The summed E-state index contributed by atoms with van der Waals surface area (Å²) >= 11 is 2.62. The van der Waals surface area contributed by atoms with E-state index in [4.69, 9.17) is 10.1 Å². The molecule has 4 rings (SSSR count). The number of nitrogens with zero attached hydrogens (tertiary/aromatic N) is 2. The van der Waals surface area contributed by atoms with Gasteiger partial charge in [-0.1, -0.05) is 48.5 Å². The normalized spacial score (nSPS) is 17.4. The Morgan fingerprint density at radius 2 is 1.78 bits per heavy atom. The van der Waals surface area contributed by atoms with Crippen LogP contribution in [-0.2, 0) is 17.8 Å². The highest BCUT2D eigenvalue weighted by Crippen LogP contribution is 2.41. The van der Waals surface area contributed by atoms with Crippen LogP contribution in [0.25, 0.3) is 6.08 Å². The van der Waals surface area contributed by atoms with Crippen LogP contribution in [0.1, 0.15) is 50.7 Å². The first kappa shape index (κ1) is 22.4. The van der Waals surface area contributed by atoms with Crippen LogP contribution in [0.5, 0.6) is 5.75 Å². The molecule has 2 aromatic carbocycles. The maximum absolute atomic E-state index is 12.9. The molecule has 0 spiro atoms. The topological polar surface area (TPSA) is 75.9 Å². The smallest absolute Gasteiger partial charge is 0.186 e. The van der Waals surface area contributed by atoms with Crippen LogP contribution >= 0.6 is 23.1 Å². The van der Waals surface area contributed by atoms with Gasteiger partial charge in [0.25, 0.3) is 0 Å². The Labute approximate surface area is 196 Å². The SMILES string of the molecule is CCc1nnc([C@@H]2C(=N)S/C(=C\c3ccc(OCc4c(C)cc(C)cc4C)cc3)C2=O)s1. The molecule has 1 aliphatic heterocycles. The fourth-order valence-electron chi connectivity index (χ4n) is 3.74. The van der Waals surface area contributed by atoms with Crippen molar-refractivity contribution in [3.8, 4) is 5.75 Å². The molecule has 0 saturated carbocycles. The molecule has 5 nitrogen and oxygen atoms in total. The Morgan fingerprint density at radius 1 is 1.09 bits per heavy atom. The van der Waals surface area contributed by atoms with E-state index in [0.29, 0.717) is 21.6 Å². The number of aromatic nitrogens is 2. The number of aryl methyl sites for hydroxylation is 4. The standard InChI is InChI=1S/C25H25N3O2S2/c1-5-21-27-28-25(32-21)22-23(29)20(31-24(22)26)12-17-6-8-18(9-7-17)30-13-19-15(3)10-14(2)11-16(19)4/h6-12,22,26H,5,13H2,1-4H3/b20-12-,26-24?/t22-/m0/s1. The lowest BCUT2D eigenvalue weighted by Crippen LogP contribution is -2.11. The van der Waals surface area contributed by atoms with Crippen LogP contribution in [0.2, 0.25) is 0 Å². The lowest BCUT2D eigenvalue weighted by molar-refractivity contribution is -0.114. The highest BCUT2D eigenvalue weighted by Gasteiger charge is 2.39. The summed E-state index contributed by atoms with van der Waals surface area (Å²) in [6.07, 6.45) is 2.61. The Bertz CT molecular complexity index is 1190. The summed E-state index contributed by atoms with van der Waals surface area (Å²) in [7, 11) is 0. The van der Waals surface area contributed by atoms with Crippen molar-refractivity contribution in [1.82, 2.24) is 10.2 Å². The molecule has 1 aromatic heterocycles. The van der Waals surface area contributed by atoms with Crippen LogP contribution in [0.15, 0.2) is 41.3 Å². The Balaban J connectivity index is 1.45. The molecule has 1 saturated heterocycles. The molecule has 0 amide bonds. The molecule has 0 aliphatic carbocycles. The predicted molar refractivity (Wildman–Crippen MR) is 132 cm³/mol. The summed E-state index contributed by atoms with van der Waals surface area (Å²) < 4.78 is 6.00. The zero-order valence-corrected chi connectivity index (χ0v) is 20.2. The fraction of sp³-hybridized carbons (Fsp3) is 0.280. The minimum absolute atomic E-state index is 0.0792. The molecule has 1 aliphatic rings. The molecule has 0 bridgehead atoms. The number of carbonyl (C=O) groups excluding carboxylic acids is 1. The molecule has 32 heavy (non-hydrogen) atoms. The second-order valence-electron chi connectivity index (χ2n) is 7.89. The second kappa shape index (κ2) is 9.38. The molecular formula is C25H25N3O2S2. The molecule has 164 valence electrons. The summed E-state index contributed by atoms with van der Waals surface area (Å²) in [6, 6.07) is 12.0. The van der Waals surface area contributed by atoms with Crippen molar-refractivity contribution >= 4 is 40.0 Å². The van der Waals surface area contributed by atoms with Crippen molar-refractivity contribution < 1.29 is 9.53 Å². The number of Topliss-reactive ketones (excluding diaryl/α,β-unsaturated/α-hetero) is 1. The summed E-state index contributed by atoms with van der Waals surface area (Å²) in [5.74, 6) is 0.0839. The van der Waals surface area contributed by atoms with E-state index in [0.717, 1.165) is 22.7 Å². The zero-order chi connectivity index (χ0) is 22.8. The van der Waals surface area contributed by atoms with Gasteiger partial charge in [0.1, 0.15) is 28.3 Å². The lowest BCUT2D eigenvalue weighted by Gasteiger charge is -2.13. The quantitative estimate of drug-likeness (QED) is 0.452. The van der Waals surface area contributed by atoms with Crippen molar-refractivity contribution in [2.45, 2.75) is 46.6 Å². The van der Waals surface area contributed by atoms with Gasteiger partial charge in [-0.25, -0.2) is 0 Å². The van der Waals surface area contributed by atoms with Crippen LogP contribution in [0, 0.1) is 26.2 Å². The van der Waals surface area contributed by atoms with Gasteiger partial charge in [0.15, 0.2) is 5.78 Å². The second-order valence-corrected chi connectivity index (χ2v) is 10.1. The average molecular weight is 464 g/mol. The van der Waals surface area contributed by atoms with Gasteiger partial charge in [0.05, 0.1) is 9.95 Å². The molecule has 2 heterocycles. The molecule has 3 aromatic rings. The fourth-order valence-corrected chi connectivity index (χ4v) is 5.70. The molecule has 1 fully saturated rings. The van der Waals surface area contributed by atoms with Gasteiger partial charge in [-0.2, -0.15) is 0 Å². The van der Waals surface area contributed by atoms with Gasteiger partial charge in [-0.3, -0.25) is 10.2 Å². The molecule has 1 N–H and O–H groups in total. The minimum atomic E-state index is -0.618. The first-order valence-corrected chi connectivity index (χ1v) is 12.1. The van der Waals surface area contributed by atoms with Crippen LogP contribution in [0.4, 0.5) is 0 Å². The molecular weight excluding hydrogens is 438 g/mol. The van der Waals surface area contributed by atoms with Gasteiger partial charge in [0.2, 0.25) is 0 Å². The first-order chi connectivity index (χ1) is 15.4. The molecule has 0 radical (unpaired) electrons. The molecule has 7 heteroatoms. The Morgan fingerprint density at radius 3 is 2.41 bits per heavy atom. The highest BCUT2D eigenvalue weighted by molar-refractivity contribution is 8.19. The third-order valence-corrected chi connectivity index (χ3v) is 7.55. The van der Waals surface area contributed by atoms with Gasteiger partial charge in [-0.15, -0.1) is 21.5 Å². The van der Waals surface area contributed by atoms with Crippen molar-refractivity contribution in [1.29, 1.82) is 5.41 Å². The van der Waals surface area contributed by atoms with Crippen LogP contribution in [-0.4, -0.2) is 21.0 Å². The maximum Gasteiger partial charge on any atom is 0.186 e. The largest absolute Gasteiger partial charge is 0.489 e. The Kier molecular flexibility index (Phi) is 6.58. The Hall–Kier alpha value is -2.77. The van der Waals surface area contributed by atoms with E-state index in [1.54, 1.807) is 0 Å². The number of allylic oxidation sites excluding steroid dienone is 1. The number of hydrogen-bond donors (Lipinski definition) is 1. The maximum atomic E-state index is 12.9. The number of ketones is 1. The molecule has 1 atom stereocenters. The minimum Gasteiger partial charge on any atom is -0.489 e. The highest BCUT2D eigenvalue weighted by atomic mass is 32.2. The van der Waals surface area contributed by atoms with Gasteiger partial charge in [-0.05, 0) is 67.7 Å². The number of ether oxygens (including phenoxy) is 1. The zero-order valence-electron chi connectivity index (χ0n) is 18.6. The van der Waals surface area contributed by atoms with E-state index in [1.807, 2.05) is 37.3 Å². The predicted octanol–water partition coefficient (Wildman–Crippen LogP) is 6.02. The number of rotatable bonds is 6. The van der Waals surface area contributed by atoms with Gasteiger partial charge in [0, 0.05) is 0 Å². The third kappa shape index (κ3) is 4.69. The van der Waals surface area contributed by atoms with Crippen molar-refractivity contribution in [2.75, 3.05) is 0 Å². The van der Waals surface area contributed by atoms with E-state index in [2.05, 4.69) is 43.1 Å². The first-order valence-electron chi connectivity index (χ1n) is 10.5. The van der Waals surface area contributed by atoms with E-state index >= 15 is 0 Å². The number of carbonyl (C=O) groups is 1.